The number of hydrogen-bond acceptors (Lipinski definition) is 3. The largest absolute Gasteiger partial charge is 0.457 e. The molecule has 2 aromatic carbocycles. The second kappa shape index (κ2) is 9.26. The third-order valence-corrected chi connectivity index (χ3v) is 4.82. The van der Waals surface area contributed by atoms with Gasteiger partial charge in [0.05, 0.1) is 10.0 Å². The van der Waals surface area contributed by atoms with Gasteiger partial charge in [-0.05, 0) is 60.8 Å². The van der Waals surface area contributed by atoms with Gasteiger partial charge in [-0.25, -0.2) is 0 Å². The molecule has 3 aromatic rings. The Kier molecular flexibility index (Phi) is 6.75. The molecular formula is C20H13Cl3N2O2S. The molecule has 4 nitrogen and oxygen atoms in total. The average molecular weight is 452 g/mol. The Labute approximate surface area is 182 Å². The smallest absolute Gasteiger partial charge is 0.250 e. The lowest BCUT2D eigenvalue weighted by atomic mass is 10.2. The number of carbonyl (C=O) groups is 1. The predicted octanol–water partition coefficient (Wildman–Crippen LogP) is 6.43. The molecular weight excluding hydrogens is 439 g/mol. The molecule has 0 unspecified atom stereocenters. The molecule has 0 fully saturated rings. The highest BCUT2D eigenvalue weighted by molar-refractivity contribution is 7.80. The predicted molar refractivity (Wildman–Crippen MR) is 119 cm³/mol. The number of anilines is 1. The number of furan rings is 1. The number of halogens is 3. The molecule has 1 amide bonds. The van der Waals surface area contributed by atoms with Gasteiger partial charge in [-0.15, -0.1) is 0 Å². The molecule has 8 heteroatoms. The van der Waals surface area contributed by atoms with Gasteiger partial charge in [-0.2, -0.15) is 0 Å². The SMILES string of the molecule is O=C(C=Cc1ccc(-c2cccc(Cl)c2Cl)o1)NC(=S)Nc1cccc(Cl)c1. The van der Waals surface area contributed by atoms with Gasteiger partial charge in [0.15, 0.2) is 5.11 Å². The lowest BCUT2D eigenvalue weighted by Gasteiger charge is -2.08. The van der Waals surface area contributed by atoms with Crippen LogP contribution in [0.3, 0.4) is 0 Å². The van der Waals surface area contributed by atoms with Crippen LogP contribution >= 0.6 is 47.0 Å². The van der Waals surface area contributed by atoms with E-state index in [0.717, 1.165) is 0 Å². The Balaban J connectivity index is 1.61. The summed E-state index contributed by atoms with van der Waals surface area (Å²) >= 11 is 23.2. The van der Waals surface area contributed by atoms with Gasteiger partial charge in [-0.3, -0.25) is 10.1 Å². The van der Waals surface area contributed by atoms with Crippen molar-refractivity contribution < 1.29 is 9.21 Å². The summed E-state index contributed by atoms with van der Waals surface area (Å²) in [5.41, 5.74) is 1.35. The summed E-state index contributed by atoms with van der Waals surface area (Å²) in [4.78, 5) is 12.0. The first-order chi connectivity index (χ1) is 13.4. The molecule has 0 radical (unpaired) electrons. The van der Waals surface area contributed by atoms with Crippen molar-refractivity contribution >= 4 is 69.8 Å². The summed E-state index contributed by atoms with van der Waals surface area (Å²) < 4.78 is 5.70. The van der Waals surface area contributed by atoms with Crippen molar-refractivity contribution in [3.05, 3.63) is 81.5 Å². The Hall–Kier alpha value is -2.31. The molecule has 0 saturated heterocycles. The molecule has 1 heterocycles. The van der Waals surface area contributed by atoms with E-state index in [2.05, 4.69) is 10.6 Å². The molecule has 0 atom stereocenters. The molecule has 28 heavy (non-hydrogen) atoms. The molecule has 142 valence electrons. The number of nitrogens with one attached hydrogen (secondary N) is 2. The first kappa shape index (κ1) is 20.4. The minimum absolute atomic E-state index is 0.155. The Bertz CT molecular complexity index is 1060. The average Bonchev–Trinajstić information content (AvgIpc) is 3.11. The summed E-state index contributed by atoms with van der Waals surface area (Å²) in [6.07, 6.45) is 2.84. The number of amides is 1. The van der Waals surface area contributed by atoms with Crippen LogP contribution in [0.2, 0.25) is 15.1 Å². The van der Waals surface area contributed by atoms with Crippen molar-refractivity contribution in [1.29, 1.82) is 0 Å². The van der Waals surface area contributed by atoms with E-state index in [1.54, 1.807) is 54.6 Å². The van der Waals surface area contributed by atoms with Crippen LogP contribution < -0.4 is 10.6 Å². The zero-order valence-electron chi connectivity index (χ0n) is 14.2. The standard InChI is InChI=1S/C20H13Cl3N2O2S/c21-12-3-1-4-13(11-12)24-20(28)25-18(26)10-8-14-7-9-17(27-14)15-5-2-6-16(22)19(15)23/h1-11H,(H2,24,25,26,28). The first-order valence-electron chi connectivity index (χ1n) is 8.02. The summed E-state index contributed by atoms with van der Waals surface area (Å²) in [5.74, 6) is 0.624. The van der Waals surface area contributed by atoms with E-state index in [-0.39, 0.29) is 5.11 Å². The molecule has 1 aromatic heterocycles. The zero-order chi connectivity index (χ0) is 20.1. The fraction of sp³-hybridized carbons (Fsp3) is 0. The fourth-order valence-corrected chi connectivity index (χ4v) is 3.12. The molecule has 0 bridgehead atoms. The van der Waals surface area contributed by atoms with Crippen LogP contribution in [0.1, 0.15) is 5.76 Å². The van der Waals surface area contributed by atoms with Gasteiger partial charge in [0, 0.05) is 22.3 Å². The molecule has 0 spiro atoms. The van der Waals surface area contributed by atoms with Crippen LogP contribution in [0.4, 0.5) is 5.69 Å². The highest BCUT2D eigenvalue weighted by Gasteiger charge is 2.10. The number of carbonyl (C=O) groups excluding carboxylic acids is 1. The van der Waals surface area contributed by atoms with Gasteiger partial charge in [0.2, 0.25) is 5.91 Å². The maximum Gasteiger partial charge on any atom is 0.250 e. The fourth-order valence-electron chi connectivity index (χ4n) is 2.32. The van der Waals surface area contributed by atoms with Crippen molar-refractivity contribution in [3.63, 3.8) is 0 Å². The van der Waals surface area contributed by atoms with Gasteiger partial charge < -0.3 is 9.73 Å². The maximum absolute atomic E-state index is 12.0. The Morgan fingerprint density at radius 2 is 1.82 bits per heavy atom. The van der Waals surface area contributed by atoms with E-state index >= 15 is 0 Å². The van der Waals surface area contributed by atoms with Crippen LogP contribution in [0.5, 0.6) is 0 Å². The number of benzene rings is 2. The van der Waals surface area contributed by atoms with Crippen molar-refractivity contribution in [2.45, 2.75) is 0 Å². The summed E-state index contributed by atoms with van der Waals surface area (Å²) in [7, 11) is 0. The van der Waals surface area contributed by atoms with Crippen molar-refractivity contribution in [2.24, 2.45) is 0 Å². The Morgan fingerprint density at radius 1 is 1.04 bits per heavy atom. The molecule has 0 aliphatic heterocycles. The van der Waals surface area contributed by atoms with Crippen LogP contribution in [0.25, 0.3) is 17.4 Å². The number of thiocarbonyl (C=S) groups is 1. The molecule has 2 N–H and O–H groups in total. The molecule has 3 rings (SSSR count). The summed E-state index contributed by atoms with van der Waals surface area (Å²) in [6, 6.07) is 15.7. The minimum Gasteiger partial charge on any atom is -0.457 e. The lowest BCUT2D eigenvalue weighted by Crippen LogP contribution is -2.32. The topological polar surface area (TPSA) is 54.3 Å². The van der Waals surface area contributed by atoms with Crippen LogP contribution in [-0.4, -0.2) is 11.0 Å². The van der Waals surface area contributed by atoms with E-state index in [1.165, 1.54) is 12.2 Å². The van der Waals surface area contributed by atoms with Gasteiger partial charge in [-0.1, -0.05) is 46.9 Å². The van der Waals surface area contributed by atoms with E-state index in [0.29, 0.717) is 37.8 Å². The van der Waals surface area contributed by atoms with Gasteiger partial charge >= 0.3 is 0 Å². The van der Waals surface area contributed by atoms with E-state index < -0.39 is 5.91 Å². The first-order valence-corrected chi connectivity index (χ1v) is 9.56. The second-order valence-electron chi connectivity index (χ2n) is 5.59. The normalized spacial score (nSPS) is 10.8. The molecule has 0 aliphatic carbocycles. The zero-order valence-corrected chi connectivity index (χ0v) is 17.3. The molecule has 0 saturated carbocycles. The Morgan fingerprint density at radius 3 is 2.61 bits per heavy atom. The quantitative estimate of drug-likeness (QED) is 0.354. The van der Waals surface area contributed by atoms with Crippen molar-refractivity contribution in [2.75, 3.05) is 5.32 Å². The summed E-state index contributed by atoms with van der Waals surface area (Å²) in [5, 5.41) is 6.99. The van der Waals surface area contributed by atoms with Crippen LogP contribution in [0.15, 0.2) is 65.1 Å². The van der Waals surface area contributed by atoms with Gasteiger partial charge in [0.25, 0.3) is 0 Å². The third kappa shape index (κ3) is 5.36. The van der Waals surface area contributed by atoms with Gasteiger partial charge in [0.1, 0.15) is 11.5 Å². The van der Waals surface area contributed by atoms with E-state index in [9.17, 15) is 4.79 Å². The number of hydrogen-bond donors (Lipinski definition) is 2. The highest BCUT2D eigenvalue weighted by atomic mass is 35.5. The molecule has 0 aliphatic rings. The third-order valence-electron chi connectivity index (χ3n) is 3.56. The van der Waals surface area contributed by atoms with E-state index in [1.807, 2.05) is 0 Å². The monoisotopic (exact) mass is 450 g/mol. The van der Waals surface area contributed by atoms with E-state index in [4.69, 9.17) is 51.4 Å². The summed E-state index contributed by atoms with van der Waals surface area (Å²) in [6.45, 7) is 0. The minimum atomic E-state index is -0.404. The van der Waals surface area contributed by atoms with Crippen LogP contribution in [0, 0.1) is 0 Å². The highest BCUT2D eigenvalue weighted by Crippen LogP contribution is 2.34. The maximum atomic E-state index is 12.0. The van der Waals surface area contributed by atoms with Crippen molar-refractivity contribution in [1.82, 2.24) is 5.32 Å². The van der Waals surface area contributed by atoms with Crippen molar-refractivity contribution in [3.8, 4) is 11.3 Å². The second-order valence-corrected chi connectivity index (χ2v) is 7.22. The lowest BCUT2D eigenvalue weighted by molar-refractivity contribution is -0.115. The number of rotatable bonds is 4. The van der Waals surface area contributed by atoms with Crippen LogP contribution in [-0.2, 0) is 4.79 Å².